The van der Waals surface area contributed by atoms with E-state index in [4.69, 9.17) is 50.0 Å². The molecular formula is C17H17Cl3N6O2. The van der Waals surface area contributed by atoms with Crippen LogP contribution in [-0.2, 0) is 13.2 Å². The van der Waals surface area contributed by atoms with Gasteiger partial charge in [-0.25, -0.2) is 0 Å². The number of nitrogens with zero attached hydrogens (tertiary/aromatic N) is 4. The topological polar surface area (TPSA) is 100 Å². The van der Waals surface area contributed by atoms with Gasteiger partial charge in [0.25, 0.3) is 5.95 Å². The van der Waals surface area contributed by atoms with E-state index in [9.17, 15) is 0 Å². The van der Waals surface area contributed by atoms with Gasteiger partial charge in [0.15, 0.2) is 11.5 Å². The highest BCUT2D eigenvalue weighted by Crippen LogP contribution is 2.37. The third-order valence-electron chi connectivity index (χ3n) is 3.66. The van der Waals surface area contributed by atoms with Crippen molar-refractivity contribution in [2.24, 2.45) is 0 Å². The van der Waals surface area contributed by atoms with Gasteiger partial charge in [-0.3, -0.25) is 0 Å². The monoisotopic (exact) mass is 442 g/mol. The zero-order valence-corrected chi connectivity index (χ0v) is 17.1. The molecule has 0 aliphatic rings. The van der Waals surface area contributed by atoms with Gasteiger partial charge < -0.3 is 20.6 Å². The second kappa shape index (κ2) is 9.18. The first-order valence-electron chi connectivity index (χ1n) is 8.27. The average Bonchev–Trinajstić information content (AvgIpc) is 3.07. The van der Waals surface area contributed by atoms with Crippen LogP contribution in [0.1, 0.15) is 18.1 Å². The van der Waals surface area contributed by atoms with Crippen LogP contribution in [0, 0.1) is 0 Å². The van der Waals surface area contributed by atoms with Crippen LogP contribution in [0.5, 0.6) is 11.5 Å². The normalized spacial score (nSPS) is 10.7. The SMILES string of the molecule is CCOc1cc(CNn2nnnc2N)cc(Cl)c1OCc1ccc(Cl)c(Cl)c1. The summed E-state index contributed by atoms with van der Waals surface area (Å²) in [6, 6.07) is 8.88. The van der Waals surface area contributed by atoms with Crippen molar-refractivity contribution in [1.82, 2.24) is 20.3 Å². The summed E-state index contributed by atoms with van der Waals surface area (Å²) in [7, 11) is 0. The lowest BCUT2D eigenvalue weighted by molar-refractivity contribution is 0.269. The number of nitrogens with two attached hydrogens (primary N) is 1. The van der Waals surface area contributed by atoms with E-state index in [1.165, 1.54) is 4.79 Å². The van der Waals surface area contributed by atoms with Crippen LogP contribution in [0.3, 0.4) is 0 Å². The maximum Gasteiger partial charge on any atom is 0.260 e. The van der Waals surface area contributed by atoms with Crippen LogP contribution >= 0.6 is 34.8 Å². The number of hydrogen-bond acceptors (Lipinski definition) is 7. The standard InChI is InChI=1S/C17H17Cl3N6O2/c1-2-27-15-7-11(8-22-26-17(21)23-24-25-26)6-14(20)16(15)28-9-10-3-4-12(18)13(19)5-10/h3-7,22H,2,8-9H2,1H3,(H2,21,23,25). The molecule has 0 saturated heterocycles. The molecule has 0 amide bonds. The van der Waals surface area contributed by atoms with E-state index in [1.807, 2.05) is 19.1 Å². The van der Waals surface area contributed by atoms with Crippen LogP contribution in [0.2, 0.25) is 15.1 Å². The molecule has 1 aromatic heterocycles. The fourth-order valence-corrected chi connectivity index (χ4v) is 2.99. The molecule has 0 atom stereocenters. The summed E-state index contributed by atoms with van der Waals surface area (Å²) in [6.07, 6.45) is 0. The molecule has 11 heteroatoms. The largest absolute Gasteiger partial charge is 0.490 e. The minimum Gasteiger partial charge on any atom is -0.490 e. The van der Waals surface area contributed by atoms with E-state index in [0.29, 0.717) is 39.7 Å². The molecule has 28 heavy (non-hydrogen) atoms. The highest BCUT2D eigenvalue weighted by atomic mass is 35.5. The number of ether oxygens (including phenoxy) is 2. The van der Waals surface area contributed by atoms with E-state index in [0.717, 1.165) is 11.1 Å². The minimum absolute atomic E-state index is 0.151. The van der Waals surface area contributed by atoms with Crippen LogP contribution in [0.4, 0.5) is 5.95 Å². The number of rotatable bonds is 8. The minimum atomic E-state index is 0.151. The number of halogens is 3. The Morgan fingerprint density at radius 2 is 1.82 bits per heavy atom. The van der Waals surface area contributed by atoms with Gasteiger partial charge in [-0.2, -0.15) is 0 Å². The van der Waals surface area contributed by atoms with Gasteiger partial charge in [0.2, 0.25) is 0 Å². The fraction of sp³-hybridized carbons (Fsp3) is 0.235. The molecule has 3 aromatic rings. The number of anilines is 1. The van der Waals surface area contributed by atoms with Gasteiger partial charge in [0.05, 0.1) is 28.2 Å². The molecule has 0 radical (unpaired) electrons. The summed E-state index contributed by atoms with van der Waals surface area (Å²) in [5, 5.41) is 12.1. The van der Waals surface area contributed by atoms with Gasteiger partial charge in [-0.05, 0) is 52.7 Å². The third kappa shape index (κ3) is 4.89. The maximum absolute atomic E-state index is 6.43. The smallest absolute Gasteiger partial charge is 0.260 e. The van der Waals surface area contributed by atoms with Gasteiger partial charge >= 0.3 is 0 Å². The fourth-order valence-electron chi connectivity index (χ4n) is 2.38. The Morgan fingerprint density at radius 1 is 1.04 bits per heavy atom. The number of benzene rings is 2. The second-order valence-corrected chi connectivity index (χ2v) is 6.88. The molecule has 0 aliphatic heterocycles. The third-order valence-corrected chi connectivity index (χ3v) is 4.68. The summed E-state index contributed by atoms with van der Waals surface area (Å²) in [6.45, 7) is 2.97. The van der Waals surface area contributed by atoms with Crippen molar-refractivity contribution in [1.29, 1.82) is 0 Å². The lowest BCUT2D eigenvalue weighted by Gasteiger charge is -2.16. The molecule has 3 rings (SSSR count). The van der Waals surface area contributed by atoms with Crippen LogP contribution in [0.15, 0.2) is 30.3 Å². The zero-order valence-electron chi connectivity index (χ0n) is 14.8. The number of nitrogen functional groups attached to an aromatic ring is 1. The molecule has 0 spiro atoms. The summed E-state index contributed by atoms with van der Waals surface area (Å²) in [4.78, 5) is 1.27. The zero-order chi connectivity index (χ0) is 20.1. The van der Waals surface area contributed by atoms with Gasteiger partial charge in [0, 0.05) is 0 Å². The van der Waals surface area contributed by atoms with Crippen molar-refractivity contribution >= 4 is 40.8 Å². The highest BCUT2D eigenvalue weighted by Gasteiger charge is 2.14. The predicted molar refractivity (Wildman–Crippen MR) is 109 cm³/mol. The van der Waals surface area contributed by atoms with E-state index in [2.05, 4.69) is 21.0 Å². The molecule has 0 saturated carbocycles. The Hall–Kier alpha value is -2.42. The lowest BCUT2D eigenvalue weighted by Crippen LogP contribution is -2.18. The van der Waals surface area contributed by atoms with Gasteiger partial charge in [0.1, 0.15) is 6.61 Å². The molecule has 8 nitrogen and oxygen atoms in total. The number of hydrogen-bond donors (Lipinski definition) is 2. The molecule has 148 valence electrons. The highest BCUT2D eigenvalue weighted by molar-refractivity contribution is 6.42. The van der Waals surface area contributed by atoms with Crippen molar-refractivity contribution in [3.8, 4) is 11.5 Å². The first-order valence-corrected chi connectivity index (χ1v) is 9.41. The molecule has 0 unspecified atom stereocenters. The van der Waals surface area contributed by atoms with Crippen molar-refractivity contribution in [3.05, 3.63) is 56.5 Å². The molecule has 0 bridgehead atoms. The molecule has 1 heterocycles. The number of nitrogens with one attached hydrogen (secondary N) is 1. The molecule has 2 aromatic carbocycles. The van der Waals surface area contributed by atoms with Gasteiger partial charge in [-0.1, -0.05) is 46.0 Å². The molecule has 0 fully saturated rings. The van der Waals surface area contributed by atoms with Crippen molar-refractivity contribution in [3.63, 3.8) is 0 Å². The Labute approximate surface area is 176 Å². The number of aromatic nitrogens is 4. The Bertz CT molecular complexity index is 966. The lowest BCUT2D eigenvalue weighted by atomic mass is 10.2. The predicted octanol–water partition coefficient (Wildman–Crippen LogP) is 3.94. The summed E-state index contributed by atoms with van der Waals surface area (Å²) >= 11 is 18.4. The Kier molecular flexibility index (Phi) is 6.66. The first-order chi connectivity index (χ1) is 13.5. The Balaban J connectivity index is 1.76. The van der Waals surface area contributed by atoms with Crippen molar-refractivity contribution in [2.45, 2.75) is 20.1 Å². The van der Waals surface area contributed by atoms with Crippen LogP contribution in [0.25, 0.3) is 0 Å². The van der Waals surface area contributed by atoms with E-state index >= 15 is 0 Å². The second-order valence-electron chi connectivity index (χ2n) is 5.66. The van der Waals surface area contributed by atoms with Crippen LogP contribution < -0.4 is 20.6 Å². The van der Waals surface area contributed by atoms with E-state index in [1.54, 1.807) is 18.2 Å². The van der Waals surface area contributed by atoms with E-state index in [-0.39, 0.29) is 12.6 Å². The summed E-state index contributed by atoms with van der Waals surface area (Å²) < 4.78 is 11.6. The van der Waals surface area contributed by atoms with Crippen molar-refractivity contribution < 1.29 is 9.47 Å². The maximum atomic E-state index is 6.43. The average molecular weight is 444 g/mol. The molecule has 0 aliphatic carbocycles. The quantitative estimate of drug-likeness (QED) is 0.544. The van der Waals surface area contributed by atoms with Gasteiger partial charge in [-0.15, -0.1) is 4.79 Å². The molecular weight excluding hydrogens is 427 g/mol. The summed E-state index contributed by atoms with van der Waals surface area (Å²) in [5.41, 5.74) is 10.3. The molecule has 3 N–H and O–H groups in total. The summed E-state index contributed by atoms with van der Waals surface area (Å²) in [5.74, 6) is 1.12. The van der Waals surface area contributed by atoms with Crippen molar-refractivity contribution in [2.75, 3.05) is 17.8 Å². The Morgan fingerprint density at radius 3 is 2.50 bits per heavy atom. The van der Waals surface area contributed by atoms with E-state index < -0.39 is 0 Å². The number of tetrazole rings is 1. The first kappa shape index (κ1) is 20.3. The van der Waals surface area contributed by atoms with Crippen LogP contribution in [-0.4, -0.2) is 26.9 Å².